The summed E-state index contributed by atoms with van der Waals surface area (Å²) in [5.74, 6) is 0.0419. The number of nitrogens with one attached hydrogen (secondary N) is 2. The number of amides is 1. The smallest absolute Gasteiger partial charge is 0.228 e. The van der Waals surface area contributed by atoms with Crippen LogP contribution in [0, 0.1) is 5.92 Å². The van der Waals surface area contributed by atoms with Crippen LogP contribution < -0.4 is 10.6 Å². The molecule has 2 N–H and O–H groups in total. The summed E-state index contributed by atoms with van der Waals surface area (Å²) in [6.45, 7) is 5.99. The Morgan fingerprint density at radius 2 is 1.91 bits per heavy atom. The third kappa shape index (κ3) is 7.53. The Kier molecular flexibility index (Phi) is 11.3. The second-order valence-electron chi connectivity index (χ2n) is 5.99. The van der Waals surface area contributed by atoms with Gasteiger partial charge in [0, 0.05) is 24.7 Å². The minimum Gasteiger partial charge on any atom is -0.326 e. The lowest BCUT2D eigenvalue weighted by Gasteiger charge is -2.26. The largest absolute Gasteiger partial charge is 0.326 e. The molecular formula is C17H29Cl2N3O. The number of carbonyl (C=O) groups excluding carboxylic acids is 1. The minimum absolute atomic E-state index is 0. The molecule has 6 heteroatoms. The third-order valence-electron chi connectivity index (χ3n) is 4.01. The zero-order valence-electron chi connectivity index (χ0n) is 14.0. The lowest BCUT2D eigenvalue weighted by atomic mass is 10.1. The van der Waals surface area contributed by atoms with Crippen LogP contribution in [0.15, 0.2) is 24.3 Å². The monoisotopic (exact) mass is 361 g/mol. The van der Waals surface area contributed by atoms with Gasteiger partial charge in [-0.2, -0.15) is 0 Å². The van der Waals surface area contributed by atoms with Crippen molar-refractivity contribution in [1.82, 2.24) is 10.2 Å². The highest BCUT2D eigenvalue weighted by molar-refractivity contribution is 5.92. The van der Waals surface area contributed by atoms with E-state index in [4.69, 9.17) is 0 Å². The van der Waals surface area contributed by atoms with Crippen LogP contribution in [0.1, 0.15) is 31.7 Å². The molecule has 1 atom stereocenters. The van der Waals surface area contributed by atoms with Crippen LogP contribution in [0.3, 0.4) is 0 Å². The quantitative estimate of drug-likeness (QED) is 0.816. The van der Waals surface area contributed by atoms with Crippen molar-refractivity contribution in [3.8, 4) is 0 Å². The van der Waals surface area contributed by atoms with E-state index in [0.29, 0.717) is 6.54 Å². The maximum Gasteiger partial charge on any atom is 0.228 e. The van der Waals surface area contributed by atoms with Crippen molar-refractivity contribution in [3.05, 3.63) is 29.8 Å². The lowest BCUT2D eigenvalue weighted by molar-refractivity contribution is -0.119. The summed E-state index contributed by atoms with van der Waals surface area (Å²) in [5.41, 5.74) is 2.17. The third-order valence-corrected chi connectivity index (χ3v) is 4.01. The normalized spacial score (nSPS) is 15.9. The van der Waals surface area contributed by atoms with E-state index in [0.717, 1.165) is 12.2 Å². The first kappa shape index (κ1) is 22.2. The van der Waals surface area contributed by atoms with Gasteiger partial charge >= 0.3 is 0 Å². The zero-order valence-corrected chi connectivity index (χ0v) is 15.6. The summed E-state index contributed by atoms with van der Waals surface area (Å²) < 4.78 is 0. The number of hydrogen-bond acceptors (Lipinski definition) is 3. The number of likely N-dealkylation sites (tertiary alicyclic amines) is 1. The van der Waals surface area contributed by atoms with Crippen molar-refractivity contribution in [2.45, 2.75) is 32.7 Å². The van der Waals surface area contributed by atoms with Gasteiger partial charge in [-0.3, -0.25) is 9.69 Å². The highest BCUT2D eigenvalue weighted by Crippen LogP contribution is 2.16. The Morgan fingerprint density at radius 1 is 1.22 bits per heavy atom. The first-order valence-corrected chi connectivity index (χ1v) is 7.96. The molecule has 1 heterocycles. The number of hydrogen-bond donors (Lipinski definition) is 2. The number of anilines is 1. The van der Waals surface area contributed by atoms with Crippen LogP contribution in [0.5, 0.6) is 0 Å². The molecule has 1 aliphatic heterocycles. The number of piperidine rings is 1. The van der Waals surface area contributed by atoms with Crippen LogP contribution in [0.4, 0.5) is 5.69 Å². The molecule has 1 unspecified atom stereocenters. The summed E-state index contributed by atoms with van der Waals surface area (Å²) in [7, 11) is 1.86. The summed E-state index contributed by atoms with van der Waals surface area (Å²) in [6.07, 6.45) is 3.96. The van der Waals surface area contributed by atoms with E-state index in [9.17, 15) is 4.79 Å². The molecule has 0 radical (unpaired) electrons. The molecule has 1 saturated heterocycles. The highest BCUT2D eigenvalue weighted by Gasteiger charge is 2.13. The minimum atomic E-state index is -0.0271. The molecule has 0 spiro atoms. The van der Waals surface area contributed by atoms with Gasteiger partial charge in [0.05, 0.1) is 0 Å². The number of rotatable bonds is 6. The van der Waals surface area contributed by atoms with E-state index in [-0.39, 0.29) is 36.6 Å². The first-order valence-electron chi connectivity index (χ1n) is 7.96. The van der Waals surface area contributed by atoms with E-state index in [2.05, 4.69) is 27.7 Å². The summed E-state index contributed by atoms with van der Waals surface area (Å²) in [6, 6.07) is 8.22. The maximum atomic E-state index is 12.0. The molecule has 4 nitrogen and oxygen atoms in total. The van der Waals surface area contributed by atoms with E-state index >= 15 is 0 Å². The molecular weight excluding hydrogens is 333 g/mol. The van der Waals surface area contributed by atoms with Crippen LogP contribution in [0.25, 0.3) is 0 Å². The summed E-state index contributed by atoms with van der Waals surface area (Å²) in [4.78, 5) is 14.5. The molecule has 1 amide bonds. The van der Waals surface area contributed by atoms with Gasteiger partial charge in [0.1, 0.15) is 0 Å². The summed E-state index contributed by atoms with van der Waals surface area (Å²) >= 11 is 0. The molecule has 1 aliphatic rings. The van der Waals surface area contributed by atoms with Crippen LogP contribution >= 0.6 is 24.8 Å². The fraction of sp³-hybridized carbons (Fsp3) is 0.588. The molecule has 132 valence electrons. The predicted octanol–water partition coefficient (Wildman–Crippen LogP) is 3.31. The van der Waals surface area contributed by atoms with Crippen LogP contribution in [0.2, 0.25) is 0 Å². The Hall–Kier alpha value is -0.810. The van der Waals surface area contributed by atoms with Gasteiger partial charge in [-0.05, 0) is 50.7 Å². The molecule has 0 aliphatic carbocycles. The average molecular weight is 362 g/mol. The van der Waals surface area contributed by atoms with Crippen molar-refractivity contribution >= 4 is 36.4 Å². The number of nitrogens with zero attached hydrogens (tertiary/aromatic N) is 1. The first-order chi connectivity index (χ1) is 10.2. The molecule has 0 bridgehead atoms. The number of benzene rings is 1. The van der Waals surface area contributed by atoms with Crippen molar-refractivity contribution in [3.63, 3.8) is 0 Å². The molecule has 23 heavy (non-hydrogen) atoms. The van der Waals surface area contributed by atoms with Gasteiger partial charge in [-0.1, -0.05) is 25.5 Å². The maximum absolute atomic E-state index is 12.0. The van der Waals surface area contributed by atoms with E-state index in [1.54, 1.807) is 0 Å². The van der Waals surface area contributed by atoms with E-state index in [1.807, 2.05) is 26.1 Å². The SMILES string of the molecule is CNCC(C)C(=O)Nc1cccc(CN2CCCCC2)c1.Cl.Cl. The molecule has 2 rings (SSSR count). The molecule has 0 aromatic heterocycles. The van der Waals surface area contributed by atoms with Crippen molar-refractivity contribution in [1.29, 1.82) is 0 Å². The Labute approximate surface area is 152 Å². The number of carbonyl (C=O) groups is 1. The molecule has 1 aromatic rings. The molecule has 0 saturated carbocycles. The second kappa shape index (κ2) is 11.7. The van der Waals surface area contributed by atoms with Crippen LogP contribution in [-0.2, 0) is 11.3 Å². The van der Waals surface area contributed by atoms with E-state index < -0.39 is 0 Å². The predicted molar refractivity (Wildman–Crippen MR) is 102 cm³/mol. The fourth-order valence-electron chi connectivity index (χ4n) is 2.79. The standard InChI is InChI=1S/C17H27N3O.2ClH/c1-14(12-18-2)17(21)19-16-8-6-7-15(11-16)13-20-9-4-3-5-10-20;;/h6-8,11,14,18H,3-5,9-10,12-13H2,1-2H3,(H,19,21);2*1H. The van der Waals surface area contributed by atoms with E-state index in [1.165, 1.54) is 37.9 Å². The van der Waals surface area contributed by atoms with Crippen LogP contribution in [-0.4, -0.2) is 37.5 Å². The van der Waals surface area contributed by atoms with Gasteiger partial charge in [-0.15, -0.1) is 24.8 Å². The van der Waals surface area contributed by atoms with Gasteiger partial charge in [0.15, 0.2) is 0 Å². The fourth-order valence-corrected chi connectivity index (χ4v) is 2.79. The lowest BCUT2D eigenvalue weighted by Crippen LogP contribution is -2.29. The Bertz CT molecular complexity index is 465. The summed E-state index contributed by atoms with van der Waals surface area (Å²) in [5, 5.41) is 6.04. The van der Waals surface area contributed by atoms with Gasteiger partial charge in [0.2, 0.25) is 5.91 Å². The topological polar surface area (TPSA) is 44.4 Å². The molecule has 1 fully saturated rings. The van der Waals surface area contributed by atoms with Crippen molar-refractivity contribution < 1.29 is 4.79 Å². The second-order valence-corrected chi connectivity index (χ2v) is 5.99. The van der Waals surface area contributed by atoms with Gasteiger partial charge < -0.3 is 10.6 Å². The Morgan fingerprint density at radius 3 is 2.57 bits per heavy atom. The Balaban J connectivity index is 0.00000242. The molecule has 1 aromatic carbocycles. The van der Waals surface area contributed by atoms with Gasteiger partial charge in [0.25, 0.3) is 0 Å². The van der Waals surface area contributed by atoms with Crippen molar-refractivity contribution in [2.24, 2.45) is 5.92 Å². The van der Waals surface area contributed by atoms with Gasteiger partial charge in [-0.25, -0.2) is 0 Å². The zero-order chi connectivity index (χ0) is 15.1. The van der Waals surface area contributed by atoms with Crippen molar-refractivity contribution in [2.75, 3.05) is 32.0 Å². The number of halogens is 2. The average Bonchev–Trinajstić information content (AvgIpc) is 2.49. The highest BCUT2D eigenvalue weighted by atomic mass is 35.5.